The van der Waals surface area contributed by atoms with Gasteiger partial charge >= 0.3 is 0 Å². The van der Waals surface area contributed by atoms with Gasteiger partial charge in [-0.25, -0.2) is 10.8 Å². The lowest BCUT2D eigenvalue weighted by Crippen LogP contribution is -2.30. The molecule has 1 heterocycles. The Morgan fingerprint density at radius 2 is 2.15 bits per heavy atom. The molecule has 3 N–H and O–H groups in total. The molecule has 0 bridgehead atoms. The number of hydrogen-bond donors (Lipinski definition) is 2. The highest BCUT2D eigenvalue weighted by Crippen LogP contribution is 2.42. The van der Waals surface area contributed by atoms with Crippen LogP contribution in [0.25, 0.3) is 0 Å². The number of hydrogen-bond acceptors (Lipinski definition) is 5. The number of nitrogens with two attached hydrogens (primary N) is 1. The molecule has 0 atom stereocenters. The van der Waals surface area contributed by atoms with Crippen LogP contribution in [-0.2, 0) is 6.61 Å². The number of ether oxygens (including phenoxy) is 1. The van der Waals surface area contributed by atoms with Crippen molar-refractivity contribution in [2.24, 2.45) is 5.84 Å². The molecule has 0 unspecified atom stereocenters. The molecule has 1 aliphatic rings. The van der Waals surface area contributed by atoms with Gasteiger partial charge in [-0.2, -0.15) is 0 Å². The van der Waals surface area contributed by atoms with E-state index in [2.05, 4.69) is 10.4 Å². The second-order valence-electron chi connectivity index (χ2n) is 4.67. The van der Waals surface area contributed by atoms with Gasteiger partial charge in [0.05, 0.1) is 5.69 Å². The molecule has 0 aliphatic heterocycles. The summed E-state index contributed by atoms with van der Waals surface area (Å²) in [6.45, 7) is 0.367. The normalized spacial score (nSPS) is 14.1. The number of hydrazine groups is 1. The van der Waals surface area contributed by atoms with Crippen LogP contribution in [-0.4, -0.2) is 10.9 Å². The highest BCUT2D eigenvalue weighted by molar-refractivity contribution is 7.13. The van der Waals surface area contributed by atoms with Crippen LogP contribution in [0.1, 0.15) is 39.1 Å². The van der Waals surface area contributed by atoms with E-state index < -0.39 is 0 Å². The van der Waals surface area contributed by atoms with E-state index in [9.17, 15) is 4.79 Å². The summed E-state index contributed by atoms with van der Waals surface area (Å²) in [7, 11) is 0. The summed E-state index contributed by atoms with van der Waals surface area (Å²) in [5.74, 6) is 6.15. The number of amides is 1. The smallest absolute Gasteiger partial charge is 0.277 e. The molecule has 1 aliphatic carbocycles. The summed E-state index contributed by atoms with van der Waals surface area (Å²) in [5, 5.41) is 0.800. The van der Waals surface area contributed by atoms with E-state index in [4.69, 9.17) is 10.6 Å². The molecular weight excluding hydrogens is 274 g/mol. The second-order valence-corrected chi connectivity index (χ2v) is 5.76. The lowest BCUT2D eigenvalue weighted by atomic mass is 10.2. The van der Waals surface area contributed by atoms with Crippen molar-refractivity contribution in [3.8, 4) is 5.75 Å². The summed E-state index contributed by atoms with van der Waals surface area (Å²) in [5.41, 5.74) is 3.05. The Hall–Kier alpha value is -1.92. The highest BCUT2D eigenvalue weighted by Gasteiger charge is 2.31. The third kappa shape index (κ3) is 2.81. The number of para-hydroxylation sites is 1. The quantitative estimate of drug-likeness (QED) is 0.502. The molecule has 0 saturated heterocycles. The van der Waals surface area contributed by atoms with Gasteiger partial charge in [-0.15, -0.1) is 11.3 Å². The number of carbonyl (C=O) groups is 1. The standard InChI is InChI=1S/C14H15N3O2S/c15-17-14(18)13-12(9-6-7-9)16-11(20-13)8-19-10-4-2-1-3-5-10/h1-5,9H,6-8,15H2,(H,17,18). The van der Waals surface area contributed by atoms with E-state index in [0.717, 1.165) is 29.3 Å². The molecule has 20 heavy (non-hydrogen) atoms. The van der Waals surface area contributed by atoms with Crippen LogP contribution in [0, 0.1) is 0 Å². The van der Waals surface area contributed by atoms with Crippen LogP contribution in [0.3, 0.4) is 0 Å². The van der Waals surface area contributed by atoms with E-state index in [0.29, 0.717) is 17.4 Å². The van der Waals surface area contributed by atoms with Crippen molar-refractivity contribution < 1.29 is 9.53 Å². The van der Waals surface area contributed by atoms with Crippen LogP contribution < -0.4 is 16.0 Å². The van der Waals surface area contributed by atoms with E-state index in [1.54, 1.807) is 0 Å². The molecule has 6 heteroatoms. The van der Waals surface area contributed by atoms with Crippen LogP contribution in [0.2, 0.25) is 0 Å². The summed E-state index contributed by atoms with van der Waals surface area (Å²) in [6.07, 6.45) is 2.18. The molecule has 2 aromatic rings. The Morgan fingerprint density at radius 1 is 1.40 bits per heavy atom. The highest BCUT2D eigenvalue weighted by atomic mass is 32.1. The minimum atomic E-state index is -0.268. The molecule has 1 aromatic heterocycles. The average Bonchev–Trinajstić information content (AvgIpc) is 3.25. The molecule has 0 radical (unpaired) electrons. The maximum Gasteiger partial charge on any atom is 0.277 e. The monoisotopic (exact) mass is 289 g/mol. The molecule has 1 fully saturated rings. The summed E-state index contributed by atoms with van der Waals surface area (Å²) in [6, 6.07) is 9.55. The number of benzene rings is 1. The summed E-state index contributed by atoms with van der Waals surface area (Å²) >= 11 is 1.35. The Morgan fingerprint density at radius 3 is 2.80 bits per heavy atom. The Labute approximate surface area is 120 Å². The molecule has 1 saturated carbocycles. The number of nitrogens with zero attached hydrogens (tertiary/aromatic N) is 1. The minimum absolute atomic E-state index is 0.268. The average molecular weight is 289 g/mol. The Kier molecular flexibility index (Phi) is 3.66. The van der Waals surface area contributed by atoms with Gasteiger partial charge in [0.2, 0.25) is 0 Å². The van der Waals surface area contributed by atoms with E-state index in [-0.39, 0.29) is 5.91 Å². The number of carbonyl (C=O) groups excluding carboxylic acids is 1. The number of aromatic nitrogens is 1. The predicted molar refractivity (Wildman–Crippen MR) is 76.5 cm³/mol. The first kappa shape index (κ1) is 13.1. The zero-order valence-corrected chi connectivity index (χ0v) is 11.7. The van der Waals surface area contributed by atoms with Crippen LogP contribution in [0.5, 0.6) is 5.75 Å². The van der Waals surface area contributed by atoms with Crippen molar-refractivity contribution in [3.63, 3.8) is 0 Å². The van der Waals surface area contributed by atoms with Crippen molar-refractivity contribution in [2.75, 3.05) is 0 Å². The van der Waals surface area contributed by atoms with E-state index in [1.165, 1.54) is 11.3 Å². The fraction of sp³-hybridized carbons (Fsp3) is 0.286. The zero-order valence-electron chi connectivity index (χ0n) is 10.8. The minimum Gasteiger partial charge on any atom is -0.486 e. The van der Waals surface area contributed by atoms with Crippen LogP contribution in [0.4, 0.5) is 0 Å². The molecule has 0 spiro atoms. The first-order valence-electron chi connectivity index (χ1n) is 6.46. The van der Waals surface area contributed by atoms with Crippen LogP contribution in [0.15, 0.2) is 30.3 Å². The van der Waals surface area contributed by atoms with Gasteiger partial charge in [-0.1, -0.05) is 18.2 Å². The molecule has 1 aromatic carbocycles. The predicted octanol–water partition coefficient (Wildman–Crippen LogP) is 2.20. The van der Waals surface area contributed by atoms with Crippen molar-refractivity contribution in [1.82, 2.24) is 10.4 Å². The SMILES string of the molecule is NNC(=O)c1sc(COc2ccccc2)nc1C1CC1. The van der Waals surface area contributed by atoms with Crippen molar-refractivity contribution in [1.29, 1.82) is 0 Å². The molecule has 1 amide bonds. The third-order valence-electron chi connectivity index (χ3n) is 3.10. The van der Waals surface area contributed by atoms with Crippen molar-refractivity contribution in [2.45, 2.75) is 25.4 Å². The van der Waals surface area contributed by atoms with E-state index >= 15 is 0 Å². The number of thiazole rings is 1. The van der Waals surface area contributed by atoms with Gasteiger partial charge in [-0.05, 0) is 25.0 Å². The van der Waals surface area contributed by atoms with E-state index in [1.807, 2.05) is 30.3 Å². The van der Waals surface area contributed by atoms with Gasteiger partial charge in [0.1, 0.15) is 22.2 Å². The number of nitrogen functional groups attached to an aromatic ring is 1. The Balaban J connectivity index is 1.75. The van der Waals surface area contributed by atoms with Gasteiger partial charge in [0.25, 0.3) is 5.91 Å². The third-order valence-corrected chi connectivity index (χ3v) is 4.15. The van der Waals surface area contributed by atoms with Gasteiger partial charge in [0.15, 0.2) is 0 Å². The largest absolute Gasteiger partial charge is 0.486 e. The summed E-state index contributed by atoms with van der Waals surface area (Å²) in [4.78, 5) is 16.9. The fourth-order valence-corrected chi connectivity index (χ4v) is 2.93. The first-order valence-corrected chi connectivity index (χ1v) is 7.28. The lowest BCUT2D eigenvalue weighted by Gasteiger charge is -2.02. The van der Waals surface area contributed by atoms with Crippen molar-refractivity contribution in [3.05, 3.63) is 45.9 Å². The molecule has 3 rings (SSSR count). The Bertz CT molecular complexity index is 608. The van der Waals surface area contributed by atoms with Crippen molar-refractivity contribution >= 4 is 17.2 Å². The van der Waals surface area contributed by atoms with Gasteiger partial charge in [-0.3, -0.25) is 10.2 Å². The lowest BCUT2D eigenvalue weighted by molar-refractivity contribution is 0.0956. The maximum atomic E-state index is 11.7. The molecular formula is C14H15N3O2S. The maximum absolute atomic E-state index is 11.7. The molecule has 104 valence electrons. The van der Waals surface area contributed by atoms with Gasteiger partial charge in [0, 0.05) is 5.92 Å². The second kappa shape index (κ2) is 5.60. The molecule has 5 nitrogen and oxygen atoms in total. The van der Waals surface area contributed by atoms with Crippen LogP contribution >= 0.6 is 11.3 Å². The topological polar surface area (TPSA) is 77.2 Å². The number of nitrogens with one attached hydrogen (secondary N) is 1. The number of rotatable bonds is 5. The fourth-order valence-electron chi connectivity index (χ4n) is 1.96. The zero-order chi connectivity index (χ0) is 13.9. The summed E-state index contributed by atoms with van der Waals surface area (Å²) < 4.78 is 5.66. The first-order chi connectivity index (χ1) is 9.78. The van der Waals surface area contributed by atoms with Gasteiger partial charge < -0.3 is 4.74 Å².